The minimum atomic E-state index is -0.642. The molecule has 17 heavy (non-hydrogen) atoms. The second-order valence-electron chi connectivity index (χ2n) is 4.86. The average Bonchev–Trinajstić information content (AvgIpc) is 2.66. The summed E-state index contributed by atoms with van der Waals surface area (Å²) in [5, 5.41) is 3.35. The molecule has 0 saturated carbocycles. The monoisotopic (exact) mass is 232 g/mol. The third kappa shape index (κ3) is 1.95. The molecule has 1 amide bonds. The van der Waals surface area contributed by atoms with E-state index in [4.69, 9.17) is 5.73 Å². The van der Waals surface area contributed by atoms with Gasteiger partial charge in [0.1, 0.15) is 5.54 Å². The van der Waals surface area contributed by atoms with E-state index >= 15 is 0 Å². The first-order valence-electron chi connectivity index (χ1n) is 6.25. The van der Waals surface area contributed by atoms with E-state index < -0.39 is 5.54 Å². The van der Waals surface area contributed by atoms with Gasteiger partial charge in [0, 0.05) is 0 Å². The molecular formula is C14H20N2O. The van der Waals surface area contributed by atoms with Crippen molar-refractivity contribution in [2.45, 2.75) is 38.6 Å². The van der Waals surface area contributed by atoms with Crippen molar-refractivity contribution in [3.63, 3.8) is 0 Å². The van der Waals surface area contributed by atoms with Crippen molar-refractivity contribution in [1.82, 2.24) is 5.32 Å². The van der Waals surface area contributed by atoms with Crippen molar-refractivity contribution in [2.24, 2.45) is 5.73 Å². The Bertz CT molecular complexity index is 442. The average molecular weight is 232 g/mol. The van der Waals surface area contributed by atoms with Gasteiger partial charge < -0.3 is 5.73 Å². The number of primary amides is 1. The van der Waals surface area contributed by atoms with Gasteiger partial charge in [0.05, 0.1) is 0 Å². The molecule has 1 aliphatic rings. The van der Waals surface area contributed by atoms with E-state index in [1.54, 1.807) is 0 Å². The van der Waals surface area contributed by atoms with E-state index in [9.17, 15) is 4.79 Å². The summed E-state index contributed by atoms with van der Waals surface area (Å²) in [4.78, 5) is 11.9. The smallest absolute Gasteiger partial charge is 0.242 e. The molecule has 3 N–H and O–H groups in total. The molecule has 2 rings (SSSR count). The van der Waals surface area contributed by atoms with Gasteiger partial charge in [-0.15, -0.1) is 0 Å². The Morgan fingerprint density at radius 2 is 2.29 bits per heavy atom. The molecular weight excluding hydrogens is 212 g/mol. The normalized spacial score (nSPS) is 22.5. The predicted molar refractivity (Wildman–Crippen MR) is 68.7 cm³/mol. The standard InChI is InChI=1S/C14H20N2O/c1-3-8-16-14(13(15)17)7-6-11-5-4-10(2)9-12(11)14/h4-5,9,16H,3,6-8H2,1-2H3,(H2,15,17). The minimum Gasteiger partial charge on any atom is -0.368 e. The number of nitrogens with one attached hydrogen (secondary N) is 1. The molecule has 0 saturated heterocycles. The van der Waals surface area contributed by atoms with Gasteiger partial charge in [-0.3, -0.25) is 10.1 Å². The lowest BCUT2D eigenvalue weighted by Gasteiger charge is -2.28. The van der Waals surface area contributed by atoms with E-state index in [-0.39, 0.29) is 5.91 Å². The van der Waals surface area contributed by atoms with Crippen molar-refractivity contribution < 1.29 is 4.79 Å². The molecule has 0 bridgehead atoms. The van der Waals surface area contributed by atoms with Gasteiger partial charge in [-0.25, -0.2) is 0 Å². The molecule has 3 nitrogen and oxygen atoms in total. The molecule has 0 aromatic heterocycles. The number of benzene rings is 1. The van der Waals surface area contributed by atoms with Crippen LogP contribution >= 0.6 is 0 Å². The molecule has 1 atom stereocenters. The lowest BCUT2D eigenvalue weighted by molar-refractivity contribution is -0.124. The van der Waals surface area contributed by atoms with Crippen LogP contribution in [-0.2, 0) is 16.8 Å². The van der Waals surface area contributed by atoms with Crippen LogP contribution in [-0.4, -0.2) is 12.5 Å². The maximum atomic E-state index is 11.9. The molecule has 0 aliphatic heterocycles. The Morgan fingerprint density at radius 3 is 2.94 bits per heavy atom. The number of nitrogens with two attached hydrogens (primary N) is 1. The number of hydrogen-bond donors (Lipinski definition) is 2. The van der Waals surface area contributed by atoms with Crippen LogP contribution in [0.4, 0.5) is 0 Å². The van der Waals surface area contributed by atoms with Crippen LogP contribution in [0.5, 0.6) is 0 Å². The molecule has 1 unspecified atom stereocenters. The zero-order valence-electron chi connectivity index (χ0n) is 10.5. The molecule has 3 heteroatoms. The lowest BCUT2D eigenvalue weighted by atomic mass is 9.90. The van der Waals surface area contributed by atoms with Crippen LogP contribution < -0.4 is 11.1 Å². The summed E-state index contributed by atoms with van der Waals surface area (Å²) in [6.07, 6.45) is 2.70. The molecule has 0 heterocycles. The minimum absolute atomic E-state index is 0.254. The van der Waals surface area contributed by atoms with Crippen LogP contribution in [0.25, 0.3) is 0 Å². The zero-order chi connectivity index (χ0) is 12.5. The first-order valence-corrected chi connectivity index (χ1v) is 6.25. The van der Waals surface area contributed by atoms with Gasteiger partial charge in [-0.1, -0.05) is 30.7 Å². The summed E-state index contributed by atoms with van der Waals surface area (Å²) in [5.74, 6) is -0.254. The lowest BCUT2D eigenvalue weighted by Crippen LogP contribution is -2.51. The SMILES string of the molecule is CCCNC1(C(N)=O)CCc2ccc(C)cc21. The fourth-order valence-electron chi connectivity index (χ4n) is 2.63. The van der Waals surface area contributed by atoms with Crippen LogP contribution in [0, 0.1) is 6.92 Å². The van der Waals surface area contributed by atoms with E-state index in [0.29, 0.717) is 0 Å². The number of amides is 1. The highest BCUT2D eigenvalue weighted by Gasteiger charge is 2.43. The van der Waals surface area contributed by atoms with Crippen LogP contribution in [0.2, 0.25) is 0 Å². The second-order valence-corrected chi connectivity index (χ2v) is 4.86. The molecule has 1 aliphatic carbocycles. The molecule has 1 aromatic rings. The summed E-state index contributed by atoms with van der Waals surface area (Å²) in [6.45, 7) is 4.95. The number of carbonyl (C=O) groups excluding carboxylic acids is 1. The Balaban J connectivity index is 2.44. The third-order valence-corrected chi connectivity index (χ3v) is 3.59. The topological polar surface area (TPSA) is 55.1 Å². The first kappa shape index (κ1) is 12.1. The van der Waals surface area contributed by atoms with Crippen LogP contribution in [0.3, 0.4) is 0 Å². The van der Waals surface area contributed by atoms with Crippen molar-refractivity contribution in [1.29, 1.82) is 0 Å². The van der Waals surface area contributed by atoms with Gasteiger partial charge in [0.2, 0.25) is 5.91 Å². The Morgan fingerprint density at radius 1 is 1.53 bits per heavy atom. The maximum absolute atomic E-state index is 11.9. The van der Waals surface area contributed by atoms with Crippen molar-refractivity contribution in [2.75, 3.05) is 6.54 Å². The van der Waals surface area contributed by atoms with Crippen molar-refractivity contribution in [3.05, 3.63) is 34.9 Å². The summed E-state index contributed by atoms with van der Waals surface area (Å²) in [7, 11) is 0. The predicted octanol–water partition coefficient (Wildman–Crippen LogP) is 1.62. The highest BCUT2D eigenvalue weighted by molar-refractivity contribution is 5.87. The Hall–Kier alpha value is -1.35. The fraction of sp³-hybridized carbons (Fsp3) is 0.500. The van der Waals surface area contributed by atoms with Gasteiger partial charge in [0.25, 0.3) is 0 Å². The quantitative estimate of drug-likeness (QED) is 0.829. The summed E-state index contributed by atoms with van der Waals surface area (Å²) >= 11 is 0. The zero-order valence-corrected chi connectivity index (χ0v) is 10.5. The highest BCUT2D eigenvalue weighted by atomic mass is 16.1. The number of rotatable bonds is 4. The maximum Gasteiger partial charge on any atom is 0.242 e. The summed E-state index contributed by atoms with van der Waals surface area (Å²) in [5.41, 5.74) is 8.50. The van der Waals surface area contributed by atoms with E-state index in [0.717, 1.165) is 31.4 Å². The third-order valence-electron chi connectivity index (χ3n) is 3.59. The Kier molecular flexibility index (Phi) is 3.20. The highest BCUT2D eigenvalue weighted by Crippen LogP contribution is 2.37. The molecule has 0 spiro atoms. The molecule has 0 radical (unpaired) electrons. The first-order chi connectivity index (χ1) is 8.10. The van der Waals surface area contributed by atoms with Crippen LogP contribution in [0.1, 0.15) is 36.5 Å². The van der Waals surface area contributed by atoms with E-state index in [1.165, 1.54) is 11.1 Å². The van der Waals surface area contributed by atoms with E-state index in [1.807, 2.05) is 6.92 Å². The summed E-state index contributed by atoms with van der Waals surface area (Å²) < 4.78 is 0. The van der Waals surface area contributed by atoms with Crippen LogP contribution in [0.15, 0.2) is 18.2 Å². The molecule has 1 aromatic carbocycles. The van der Waals surface area contributed by atoms with Gasteiger partial charge >= 0.3 is 0 Å². The number of hydrogen-bond acceptors (Lipinski definition) is 2. The number of aryl methyl sites for hydroxylation is 2. The Labute approximate surface area is 102 Å². The fourth-order valence-corrected chi connectivity index (χ4v) is 2.63. The summed E-state index contributed by atoms with van der Waals surface area (Å²) in [6, 6.07) is 6.30. The molecule has 92 valence electrons. The van der Waals surface area contributed by atoms with Gasteiger partial charge in [0.15, 0.2) is 0 Å². The largest absolute Gasteiger partial charge is 0.368 e. The molecule has 0 fully saturated rings. The second kappa shape index (κ2) is 4.49. The number of carbonyl (C=O) groups is 1. The van der Waals surface area contributed by atoms with Crippen molar-refractivity contribution >= 4 is 5.91 Å². The van der Waals surface area contributed by atoms with Gasteiger partial charge in [-0.2, -0.15) is 0 Å². The number of fused-ring (bicyclic) bond motifs is 1. The van der Waals surface area contributed by atoms with E-state index in [2.05, 4.69) is 30.4 Å². The van der Waals surface area contributed by atoms with Crippen molar-refractivity contribution in [3.8, 4) is 0 Å². The van der Waals surface area contributed by atoms with Gasteiger partial charge in [-0.05, 0) is 43.9 Å².